The summed E-state index contributed by atoms with van der Waals surface area (Å²) in [6, 6.07) is 10.9. The van der Waals surface area contributed by atoms with Gasteiger partial charge in [0.15, 0.2) is 5.96 Å². The Kier molecular flexibility index (Phi) is 13.4. The summed E-state index contributed by atoms with van der Waals surface area (Å²) in [5.41, 5.74) is 1.27. The van der Waals surface area contributed by atoms with E-state index in [1.807, 2.05) is 18.8 Å². The quantitative estimate of drug-likeness (QED) is 0.206. The minimum Gasteiger partial charge on any atom is -0.356 e. The molecule has 0 fully saturated rings. The number of nitrogens with zero attached hydrogens (tertiary/aromatic N) is 1. The number of nitrogens with one attached hydrogen (secondary N) is 3. The number of aliphatic imine (C=N–C) groups is 1. The molecule has 1 aromatic rings. The van der Waals surface area contributed by atoms with Gasteiger partial charge in [0.2, 0.25) is 0 Å². The monoisotopic (exact) mass is 478 g/mol. The highest BCUT2D eigenvalue weighted by atomic mass is 127. The number of guanidine groups is 1. The molecule has 1 aromatic carbocycles. The molecule has 0 radical (unpaired) electrons. The van der Waals surface area contributed by atoms with Gasteiger partial charge in [0.1, 0.15) is 0 Å². The van der Waals surface area contributed by atoms with Crippen LogP contribution < -0.4 is 16.0 Å². The van der Waals surface area contributed by atoms with Gasteiger partial charge >= 0.3 is 0 Å². The molecule has 0 aromatic heterocycles. The Balaban J connectivity index is 0.00000576. The lowest BCUT2D eigenvalue weighted by Gasteiger charge is -2.31. The largest absolute Gasteiger partial charge is 0.356 e. The third kappa shape index (κ3) is 11.0. The lowest BCUT2D eigenvalue weighted by molar-refractivity contribution is 0.345. The summed E-state index contributed by atoms with van der Waals surface area (Å²) in [4.78, 5) is 4.31. The van der Waals surface area contributed by atoms with Crippen LogP contribution in [0.25, 0.3) is 0 Å². The van der Waals surface area contributed by atoms with Crippen LogP contribution in [-0.2, 0) is 0 Å². The smallest absolute Gasteiger partial charge is 0.191 e. The van der Waals surface area contributed by atoms with Gasteiger partial charge in [-0.1, -0.05) is 30.3 Å². The molecule has 0 amide bonds. The van der Waals surface area contributed by atoms with Crippen molar-refractivity contribution < 1.29 is 0 Å². The third-order valence-electron chi connectivity index (χ3n) is 3.90. The van der Waals surface area contributed by atoms with Gasteiger partial charge in [-0.2, -0.15) is 11.8 Å². The van der Waals surface area contributed by atoms with E-state index < -0.39 is 0 Å². The van der Waals surface area contributed by atoms with Crippen molar-refractivity contribution in [1.29, 1.82) is 0 Å². The molecule has 0 aliphatic rings. The molecule has 1 unspecified atom stereocenters. The summed E-state index contributed by atoms with van der Waals surface area (Å²) in [6.07, 6.45) is 4.57. The number of unbranched alkanes of at least 4 members (excludes halogenated alkanes) is 1. The first-order chi connectivity index (χ1) is 11.5. The van der Waals surface area contributed by atoms with E-state index in [0.717, 1.165) is 19.0 Å². The van der Waals surface area contributed by atoms with E-state index in [1.165, 1.54) is 24.2 Å². The lowest BCUT2D eigenvalue weighted by atomic mass is 10.0. The highest BCUT2D eigenvalue weighted by Gasteiger charge is 2.21. The maximum atomic E-state index is 4.31. The average molecular weight is 478 g/mol. The second-order valence-electron chi connectivity index (χ2n) is 6.71. The molecule has 144 valence electrons. The Bertz CT molecular complexity index is 480. The zero-order chi connectivity index (χ0) is 17.8. The minimum atomic E-state index is -0.0360. The van der Waals surface area contributed by atoms with Crippen molar-refractivity contribution in [2.75, 3.05) is 32.1 Å². The van der Waals surface area contributed by atoms with Gasteiger partial charge in [-0.25, -0.2) is 0 Å². The SMILES string of the molecule is CN=C(NCCCCSC)NCC(C)(C)NC(C)c1ccccc1.I. The summed E-state index contributed by atoms with van der Waals surface area (Å²) in [7, 11) is 1.82. The fourth-order valence-electron chi connectivity index (χ4n) is 2.57. The number of rotatable bonds is 10. The van der Waals surface area contributed by atoms with Gasteiger partial charge in [-0.05, 0) is 51.2 Å². The maximum absolute atomic E-state index is 4.31. The highest BCUT2D eigenvalue weighted by Crippen LogP contribution is 2.15. The highest BCUT2D eigenvalue weighted by molar-refractivity contribution is 14.0. The Morgan fingerprint density at radius 3 is 2.44 bits per heavy atom. The first-order valence-corrected chi connectivity index (χ1v) is 10.1. The van der Waals surface area contributed by atoms with Gasteiger partial charge in [-0.3, -0.25) is 4.99 Å². The van der Waals surface area contributed by atoms with Gasteiger partial charge < -0.3 is 16.0 Å². The average Bonchev–Trinajstić information content (AvgIpc) is 2.57. The first kappa shape index (κ1) is 24.5. The molecule has 0 aliphatic heterocycles. The van der Waals surface area contributed by atoms with Gasteiger partial charge in [0.25, 0.3) is 0 Å². The molecule has 3 N–H and O–H groups in total. The summed E-state index contributed by atoms with van der Waals surface area (Å²) in [6.45, 7) is 8.41. The van der Waals surface area contributed by atoms with E-state index in [-0.39, 0.29) is 29.5 Å². The molecule has 0 bridgehead atoms. The van der Waals surface area contributed by atoms with Crippen LogP contribution in [0.15, 0.2) is 35.3 Å². The summed E-state index contributed by atoms with van der Waals surface area (Å²) in [5, 5.41) is 10.5. The summed E-state index contributed by atoms with van der Waals surface area (Å²) < 4.78 is 0. The van der Waals surface area contributed by atoms with Crippen LogP contribution in [0.3, 0.4) is 0 Å². The molecule has 25 heavy (non-hydrogen) atoms. The predicted octanol–water partition coefficient (Wildman–Crippen LogP) is 4.04. The van der Waals surface area contributed by atoms with E-state index >= 15 is 0 Å². The molecule has 6 heteroatoms. The van der Waals surface area contributed by atoms with E-state index in [9.17, 15) is 0 Å². The van der Waals surface area contributed by atoms with E-state index in [1.54, 1.807) is 0 Å². The van der Waals surface area contributed by atoms with Gasteiger partial charge in [-0.15, -0.1) is 24.0 Å². The van der Waals surface area contributed by atoms with Crippen molar-refractivity contribution in [2.24, 2.45) is 4.99 Å². The standard InChI is InChI=1S/C19H34N4S.HI/c1-16(17-11-7-6-8-12-17)23-19(2,3)15-22-18(20-4)21-13-9-10-14-24-5;/h6-8,11-12,16,23H,9-10,13-15H2,1-5H3,(H2,20,21,22);1H. The molecular formula is C19H35IN4S. The maximum Gasteiger partial charge on any atom is 0.191 e. The molecule has 0 heterocycles. The number of halogens is 1. The predicted molar refractivity (Wildman–Crippen MR) is 124 cm³/mol. The molecule has 0 spiro atoms. The number of hydrogen-bond acceptors (Lipinski definition) is 3. The van der Waals surface area contributed by atoms with Crippen LogP contribution in [-0.4, -0.2) is 43.6 Å². The van der Waals surface area contributed by atoms with Crippen molar-refractivity contribution in [1.82, 2.24) is 16.0 Å². The molecule has 4 nitrogen and oxygen atoms in total. The second-order valence-corrected chi connectivity index (χ2v) is 7.70. The van der Waals surface area contributed by atoms with E-state index in [4.69, 9.17) is 0 Å². The molecule has 1 rings (SSSR count). The zero-order valence-corrected chi connectivity index (χ0v) is 19.4. The zero-order valence-electron chi connectivity index (χ0n) is 16.3. The van der Waals surface area contributed by atoms with Crippen LogP contribution >= 0.6 is 35.7 Å². The Labute approximate surface area is 175 Å². The molecular weight excluding hydrogens is 443 g/mol. The number of thioether (sulfide) groups is 1. The Hall–Kier alpha value is -0.470. The number of benzene rings is 1. The molecule has 0 aliphatic carbocycles. The van der Waals surface area contributed by atoms with Crippen molar-refractivity contribution in [2.45, 2.75) is 45.2 Å². The third-order valence-corrected chi connectivity index (χ3v) is 4.59. The summed E-state index contributed by atoms with van der Waals surface area (Å²) in [5.74, 6) is 2.10. The van der Waals surface area contributed by atoms with Gasteiger partial charge in [0, 0.05) is 31.7 Å². The van der Waals surface area contributed by atoms with Crippen LogP contribution in [0, 0.1) is 0 Å². The topological polar surface area (TPSA) is 48.5 Å². The fourth-order valence-corrected chi connectivity index (χ4v) is 3.06. The molecule has 0 saturated carbocycles. The van der Waals surface area contributed by atoms with Crippen molar-refractivity contribution in [3.05, 3.63) is 35.9 Å². The van der Waals surface area contributed by atoms with Crippen molar-refractivity contribution >= 4 is 41.7 Å². The van der Waals surface area contributed by atoms with Crippen molar-refractivity contribution in [3.8, 4) is 0 Å². The van der Waals surface area contributed by atoms with Crippen LogP contribution in [0.5, 0.6) is 0 Å². The Morgan fingerprint density at radius 2 is 1.84 bits per heavy atom. The number of hydrogen-bond donors (Lipinski definition) is 3. The van der Waals surface area contributed by atoms with Crippen LogP contribution in [0.1, 0.15) is 45.2 Å². The first-order valence-electron chi connectivity index (χ1n) is 8.74. The molecule has 1 atom stereocenters. The lowest BCUT2D eigenvalue weighted by Crippen LogP contribution is -2.52. The van der Waals surface area contributed by atoms with Gasteiger partial charge in [0.05, 0.1) is 0 Å². The van der Waals surface area contributed by atoms with Crippen molar-refractivity contribution in [3.63, 3.8) is 0 Å². The fraction of sp³-hybridized carbons (Fsp3) is 0.632. The van der Waals surface area contributed by atoms with Crippen LogP contribution in [0.4, 0.5) is 0 Å². The van der Waals surface area contributed by atoms with E-state index in [0.29, 0.717) is 6.04 Å². The van der Waals surface area contributed by atoms with Crippen LogP contribution in [0.2, 0.25) is 0 Å². The summed E-state index contributed by atoms with van der Waals surface area (Å²) >= 11 is 1.90. The second kappa shape index (κ2) is 13.7. The molecule has 0 saturated heterocycles. The minimum absolute atomic E-state index is 0. The van der Waals surface area contributed by atoms with E-state index in [2.05, 4.69) is 78.3 Å². The normalized spacial score (nSPS) is 13.1. The Morgan fingerprint density at radius 1 is 1.16 bits per heavy atom.